The van der Waals surface area contributed by atoms with Gasteiger partial charge >= 0.3 is 0 Å². The van der Waals surface area contributed by atoms with Gasteiger partial charge in [0.1, 0.15) is 0 Å². The van der Waals surface area contributed by atoms with Crippen LogP contribution in [0.25, 0.3) is 10.8 Å². The van der Waals surface area contributed by atoms with E-state index < -0.39 is 0 Å². The predicted molar refractivity (Wildman–Crippen MR) is 153 cm³/mol. The second kappa shape index (κ2) is 9.93. The van der Waals surface area contributed by atoms with Crippen LogP contribution in [0.2, 0.25) is 0 Å². The van der Waals surface area contributed by atoms with Crippen LogP contribution >= 0.6 is 0 Å². The number of aromatic amines is 1. The number of hydrogen-bond acceptors (Lipinski definition) is 5. The summed E-state index contributed by atoms with van der Waals surface area (Å²) in [6.07, 6.45) is 2.80. The van der Waals surface area contributed by atoms with Crippen LogP contribution in [0.4, 0.5) is 5.69 Å². The van der Waals surface area contributed by atoms with Crippen molar-refractivity contribution in [3.05, 3.63) is 106 Å². The highest BCUT2D eigenvalue weighted by atomic mass is 16.2. The second-order valence-corrected chi connectivity index (χ2v) is 11.0. The molecule has 2 fully saturated rings. The molecule has 4 aromatic rings. The van der Waals surface area contributed by atoms with Crippen LogP contribution in [0.15, 0.2) is 77.6 Å². The van der Waals surface area contributed by atoms with E-state index in [-0.39, 0.29) is 35.3 Å². The molecule has 2 atom stereocenters. The van der Waals surface area contributed by atoms with Gasteiger partial charge in [-0.3, -0.25) is 14.4 Å². The highest BCUT2D eigenvalue weighted by molar-refractivity contribution is 5.97. The molecule has 40 heavy (non-hydrogen) atoms. The Kier molecular flexibility index (Phi) is 6.10. The minimum absolute atomic E-state index is 0.00200. The predicted octanol–water partition coefficient (Wildman–Crippen LogP) is 4.31. The molecule has 202 valence electrons. The van der Waals surface area contributed by atoms with E-state index in [9.17, 15) is 14.4 Å². The third-order valence-electron chi connectivity index (χ3n) is 8.48. The van der Waals surface area contributed by atoms with Gasteiger partial charge < -0.3 is 15.1 Å². The molecule has 1 aliphatic carbocycles. The SMILES string of the molecule is O=C(c1ccc(C2Nc3cccc4c(=O)[nH]nc(c34)C2c2ccccc2)cc1)N1CCCN(C(=O)C2CC2)CC1. The number of nitrogens with one attached hydrogen (secondary N) is 2. The van der Waals surface area contributed by atoms with E-state index in [2.05, 4.69) is 27.6 Å². The lowest BCUT2D eigenvalue weighted by Crippen LogP contribution is -2.38. The van der Waals surface area contributed by atoms with Gasteiger partial charge in [0.15, 0.2) is 0 Å². The van der Waals surface area contributed by atoms with Crippen LogP contribution in [0.3, 0.4) is 0 Å². The molecule has 2 aliphatic heterocycles. The fraction of sp³-hybridized carbons (Fsp3) is 0.312. The van der Waals surface area contributed by atoms with Gasteiger partial charge in [0, 0.05) is 48.7 Å². The topological polar surface area (TPSA) is 98.4 Å². The number of anilines is 1. The van der Waals surface area contributed by atoms with E-state index in [1.165, 1.54) is 0 Å². The molecule has 0 radical (unpaired) electrons. The molecule has 3 heterocycles. The maximum Gasteiger partial charge on any atom is 0.272 e. The molecule has 3 aromatic carbocycles. The van der Waals surface area contributed by atoms with Crippen molar-refractivity contribution in [3.63, 3.8) is 0 Å². The largest absolute Gasteiger partial charge is 0.377 e. The lowest BCUT2D eigenvalue weighted by molar-refractivity contribution is -0.132. The van der Waals surface area contributed by atoms with Crippen molar-refractivity contribution in [2.24, 2.45) is 5.92 Å². The number of hydrogen-bond donors (Lipinski definition) is 2. The number of amides is 2. The van der Waals surface area contributed by atoms with Gasteiger partial charge in [-0.25, -0.2) is 5.10 Å². The van der Waals surface area contributed by atoms with Gasteiger partial charge in [0.25, 0.3) is 11.5 Å². The van der Waals surface area contributed by atoms with Crippen molar-refractivity contribution in [2.45, 2.75) is 31.2 Å². The number of carbonyl (C=O) groups excluding carboxylic acids is 2. The molecular formula is C32H31N5O3. The highest BCUT2D eigenvalue weighted by Gasteiger charge is 2.36. The smallest absolute Gasteiger partial charge is 0.272 e. The minimum Gasteiger partial charge on any atom is -0.377 e. The van der Waals surface area contributed by atoms with E-state index in [1.54, 1.807) is 0 Å². The van der Waals surface area contributed by atoms with Gasteiger partial charge in [-0.15, -0.1) is 0 Å². The first-order valence-corrected chi connectivity index (χ1v) is 14.1. The summed E-state index contributed by atoms with van der Waals surface area (Å²) < 4.78 is 0. The number of nitrogens with zero attached hydrogens (tertiary/aromatic N) is 3. The summed E-state index contributed by atoms with van der Waals surface area (Å²) in [6.45, 7) is 2.54. The Hall–Kier alpha value is -4.46. The third kappa shape index (κ3) is 4.33. The van der Waals surface area contributed by atoms with Crippen molar-refractivity contribution in [3.8, 4) is 0 Å². The Morgan fingerprint density at radius 3 is 2.33 bits per heavy atom. The van der Waals surface area contributed by atoms with Crippen molar-refractivity contribution in [2.75, 3.05) is 31.5 Å². The Bertz CT molecular complexity index is 1650. The summed E-state index contributed by atoms with van der Waals surface area (Å²) in [5.41, 5.74) is 4.25. The molecule has 1 saturated heterocycles. The van der Waals surface area contributed by atoms with E-state index >= 15 is 0 Å². The number of aromatic nitrogens is 2. The average Bonchev–Trinajstić information content (AvgIpc) is 3.86. The molecule has 7 rings (SSSR count). The van der Waals surface area contributed by atoms with E-state index in [0.29, 0.717) is 30.6 Å². The van der Waals surface area contributed by atoms with Crippen molar-refractivity contribution < 1.29 is 9.59 Å². The number of H-pyrrole nitrogens is 1. The normalized spacial score (nSPS) is 20.6. The summed E-state index contributed by atoms with van der Waals surface area (Å²) in [5.74, 6) is 0.315. The van der Waals surface area contributed by atoms with Crippen LogP contribution in [0, 0.1) is 5.92 Å². The highest BCUT2D eigenvalue weighted by Crippen LogP contribution is 2.46. The second-order valence-electron chi connectivity index (χ2n) is 11.0. The molecule has 0 spiro atoms. The van der Waals surface area contributed by atoms with E-state index in [1.807, 2.05) is 70.5 Å². The first-order valence-electron chi connectivity index (χ1n) is 14.1. The lowest BCUT2D eigenvalue weighted by atomic mass is 9.80. The van der Waals surface area contributed by atoms with Crippen LogP contribution < -0.4 is 10.9 Å². The average molecular weight is 534 g/mol. The van der Waals surface area contributed by atoms with Gasteiger partial charge in [-0.1, -0.05) is 48.5 Å². The minimum atomic E-state index is -0.205. The zero-order chi connectivity index (χ0) is 27.2. The quantitative estimate of drug-likeness (QED) is 0.408. The Morgan fingerprint density at radius 2 is 1.55 bits per heavy atom. The zero-order valence-corrected chi connectivity index (χ0v) is 22.2. The van der Waals surface area contributed by atoms with Gasteiger partial charge in [0.2, 0.25) is 5.91 Å². The third-order valence-corrected chi connectivity index (χ3v) is 8.48. The summed E-state index contributed by atoms with van der Waals surface area (Å²) in [4.78, 5) is 42.3. The summed E-state index contributed by atoms with van der Waals surface area (Å²) in [5, 5.41) is 12.4. The zero-order valence-electron chi connectivity index (χ0n) is 22.2. The molecule has 8 nitrogen and oxygen atoms in total. The van der Waals surface area contributed by atoms with Crippen molar-refractivity contribution >= 4 is 28.3 Å². The van der Waals surface area contributed by atoms with Crippen LogP contribution in [-0.2, 0) is 4.79 Å². The monoisotopic (exact) mass is 533 g/mol. The molecule has 1 aromatic heterocycles. The van der Waals surface area contributed by atoms with Crippen LogP contribution in [0.1, 0.15) is 58.4 Å². The first kappa shape index (κ1) is 24.6. The first-order chi connectivity index (χ1) is 19.6. The molecule has 8 heteroatoms. The van der Waals surface area contributed by atoms with Gasteiger partial charge in [-0.05, 0) is 54.7 Å². The van der Waals surface area contributed by atoms with Crippen LogP contribution in [-0.4, -0.2) is 58.0 Å². The molecule has 2 unspecified atom stereocenters. The van der Waals surface area contributed by atoms with Gasteiger partial charge in [0.05, 0.1) is 23.0 Å². The van der Waals surface area contributed by atoms with Gasteiger partial charge in [-0.2, -0.15) is 5.10 Å². The molecular weight excluding hydrogens is 502 g/mol. The van der Waals surface area contributed by atoms with E-state index in [4.69, 9.17) is 0 Å². The number of carbonyl (C=O) groups is 2. The fourth-order valence-corrected chi connectivity index (χ4v) is 6.23. The molecule has 2 N–H and O–H groups in total. The fourth-order valence-electron chi connectivity index (χ4n) is 6.23. The summed E-state index contributed by atoms with van der Waals surface area (Å²) in [7, 11) is 0. The summed E-state index contributed by atoms with van der Waals surface area (Å²) in [6, 6.07) is 23.5. The lowest BCUT2D eigenvalue weighted by Gasteiger charge is -2.34. The number of rotatable bonds is 4. The molecule has 2 amide bonds. The molecule has 1 saturated carbocycles. The summed E-state index contributed by atoms with van der Waals surface area (Å²) >= 11 is 0. The van der Waals surface area contributed by atoms with Crippen molar-refractivity contribution in [1.29, 1.82) is 0 Å². The Morgan fingerprint density at radius 1 is 0.800 bits per heavy atom. The standard InChI is InChI=1S/C32H31N5O3/c38-30-24-8-4-9-25-27(24)29(34-35-30)26(20-6-2-1-3-7-20)28(33-25)21-10-12-22(13-11-21)31(39)36-16-5-17-37(19-18-36)32(40)23-14-15-23/h1-4,6-13,23,26,28,33H,5,14-19H2,(H,35,38). The maximum atomic E-state index is 13.4. The maximum absolute atomic E-state index is 13.4. The van der Waals surface area contributed by atoms with Crippen molar-refractivity contribution in [1.82, 2.24) is 20.0 Å². The van der Waals surface area contributed by atoms with Crippen LogP contribution in [0.5, 0.6) is 0 Å². The number of benzene rings is 3. The Balaban J connectivity index is 1.17. The Labute approximate surface area is 232 Å². The van der Waals surface area contributed by atoms with E-state index in [0.717, 1.165) is 53.7 Å². The molecule has 0 bridgehead atoms. The molecule has 3 aliphatic rings.